The monoisotopic (exact) mass is 244 g/mol. The van der Waals surface area contributed by atoms with E-state index >= 15 is 0 Å². The van der Waals surface area contributed by atoms with E-state index in [1.54, 1.807) is 12.1 Å². The Morgan fingerprint density at radius 1 is 1.33 bits per heavy atom. The van der Waals surface area contributed by atoms with Crippen LogP contribution in [0.5, 0.6) is 0 Å². The number of aryl methyl sites for hydroxylation is 1. The van der Waals surface area contributed by atoms with Crippen molar-refractivity contribution in [2.45, 2.75) is 6.92 Å². The Hall–Kier alpha value is -2.30. The van der Waals surface area contributed by atoms with Gasteiger partial charge in [-0.2, -0.15) is 5.10 Å². The highest BCUT2D eigenvalue weighted by atomic mass is 19.1. The highest BCUT2D eigenvalue weighted by Crippen LogP contribution is 2.33. The van der Waals surface area contributed by atoms with Gasteiger partial charge in [-0.05, 0) is 25.1 Å². The molecule has 0 spiro atoms. The number of nitrogens with zero attached hydrogens (tertiary/aromatic N) is 2. The zero-order valence-electron chi connectivity index (χ0n) is 10.2. The summed E-state index contributed by atoms with van der Waals surface area (Å²) >= 11 is 0. The lowest BCUT2D eigenvalue weighted by Gasteiger charge is -1.98. The van der Waals surface area contributed by atoms with Gasteiger partial charge >= 0.3 is 0 Å². The minimum Gasteiger partial charge on any atom is -0.382 e. The first-order chi connectivity index (χ1) is 8.58. The highest BCUT2D eigenvalue weighted by molar-refractivity contribution is 5.97. The van der Waals surface area contributed by atoms with Crippen molar-refractivity contribution >= 4 is 16.7 Å². The quantitative estimate of drug-likeness (QED) is 0.691. The molecule has 0 saturated carbocycles. The first kappa shape index (κ1) is 10.8. The fourth-order valence-corrected chi connectivity index (χ4v) is 2.35. The Kier molecular flexibility index (Phi) is 2.16. The maximum atomic E-state index is 13.4. The lowest BCUT2D eigenvalue weighted by atomic mass is 10.1. The molecule has 0 radical (unpaired) electrons. The normalized spacial score (nSPS) is 11.3. The number of nitrogens with two attached hydrogens (primary N) is 1. The third kappa shape index (κ3) is 1.40. The van der Waals surface area contributed by atoms with Crippen LogP contribution in [0.2, 0.25) is 0 Å². The first-order valence-corrected chi connectivity index (χ1v) is 5.63. The highest BCUT2D eigenvalue weighted by Gasteiger charge is 2.15. The lowest BCUT2D eigenvalue weighted by molar-refractivity contribution is 0.629. The number of hydrogen-bond acceptors (Lipinski definition) is 2. The number of halogens is 1. The standard InChI is InChI=1S/C13H13FN4/c1-7-13(10-6-12(15)17-16-10)9-5-8(14)3-4-11(9)18(7)2/h3-6H,1-2H3,(H3,15,16,17). The molecule has 0 aliphatic carbocycles. The van der Waals surface area contributed by atoms with Crippen LogP contribution < -0.4 is 5.73 Å². The summed E-state index contributed by atoms with van der Waals surface area (Å²) in [5.41, 5.74) is 9.40. The van der Waals surface area contributed by atoms with Crippen LogP contribution in [0.3, 0.4) is 0 Å². The Bertz CT molecular complexity index is 739. The van der Waals surface area contributed by atoms with E-state index < -0.39 is 0 Å². The zero-order valence-corrected chi connectivity index (χ0v) is 10.2. The number of fused-ring (bicyclic) bond motifs is 1. The average molecular weight is 244 g/mol. The van der Waals surface area contributed by atoms with Gasteiger partial charge in [0.15, 0.2) is 0 Å². The molecule has 0 fully saturated rings. The second kappa shape index (κ2) is 3.60. The second-order valence-electron chi connectivity index (χ2n) is 4.39. The summed E-state index contributed by atoms with van der Waals surface area (Å²) in [5.74, 6) is 0.180. The Balaban J connectivity index is 2.40. The summed E-state index contributed by atoms with van der Waals surface area (Å²) < 4.78 is 15.4. The van der Waals surface area contributed by atoms with Gasteiger partial charge in [0.1, 0.15) is 11.6 Å². The van der Waals surface area contributed by atoms with E-state index in [1.807, 2.05) is 18.5 Å². The van der Waals surface area contributed by atoms with Crippen LogP contribution >= 0.6 is 0 Å². The topological polar surface area (TPSA) is 59.6 Å². The van der Waals surface area contributed by atoms with E-state index in [4.69, 9.17) is 5.73 Å². The van der Waals surface area contributed by atoms with E-state index in [0.29, 0.717) is 5.82 Å². The van der Waals surface area contributed by atoms with Crippen molar-refractivity contribution in [2.24, 2.45) is 7.05 Å². The van der Waals surface area contributed by atoms with E-state index in [2.05, 4.69) is 10.2 Å². The van der Waals surface area contributed by atoms with Crippen LogP contribution in [-0.4, -0.2) is 14.8 Å². The molecule has 4 nitrogen and oxygen atoms in total. The predicted octanol–water partition coefficient (Wildman–Crippen LogP) is 2.60. The number of rotatable bonds is 1. The average Bonchev–Trinajstić information content (AvgIpc) is 2.84. The summed E-state index contributed by atoms with van der Waals surface area (Å²) in [6.45, 7) is 1.99. The number of nitrogen functional groups attached to an aromatic ring is 1. The SMILES string of the molecule is Cc1c(-c2cc(N)n[nH]2)c2cc(F)ccc2n1C. The molecule has 0 aliphatic rings. The summed E-state index contributed by atoms with van der Waals surface area (Å²) in [6, 6.07) is 6.54. The van der Waals surface area contributed by atoms with Crippen LogP contribution in [0.4, 0.5) is 10.2 Å². The fourth-order valence-electron chi connectivity index (χ4n) is 2.35. The smallest absolute Gasteiger partial charge is 0.145 e. The van der Waals surface area contributed by atoms with Gasteiger partial charge in [-0.3, -0.25) is 5.10 Å². The number of aromatic amines is 1. The summed E-state index contributed by atoms with van der Waals surface area (Å²) in [7, 11) is 1.96. The minimum absolute atomic E-state index is 0.248. The summed E-state index contributed by atoms with van der Waals surface area (Å²) in [6.07, 6.45) is 0. The van der Waals surface area contributed by atoms with Gasteiger partial charge in [0.05, 0.1) is 5.69 Å². The molecule has 3 aromatic rings. The third-order valence-electron chi connectivity index (χ3n) is 3.32. The number of aromatic nitrogens is 3. The van der Waals surface area contributed by atoms with Gasteiger partial charge in [0.25, 0.3) is 0 Å². The van der Waals surface area contributed by atoms with Crippen molar-refractivity contribution in [1.29, 1.82) is 0 Å². The van der Waals surface area contributed by atoms with Gasteiger partial charge < -0.3 is 10.3 Å². The van der Waals surface area contributed by atoms with Crippen molar-refractivity contribution in [3.63, 3.8) is 0 Å². The molecule has 0 bridgehead atoms. The molecule has 0 unspecified atom stereocenters. The van der Waals surface area contributed by atoms with Crippen molar-refractivity contribution in [2.75, 3.05) is 5.73 Å². The number of benzene rings is 1. The van der Waals surface area contributed by atoms with Crippen LogP contribution in [0.25, 0.3) is 22.2 Å². The van der Waals surface area contributed by atoms with Gasteiger partial charge in [-0.15, -0.1) is 0 Å². The molecule has 0 aliphatic heterocycles. The summed E-state index contributed by atoms with van der Waals surface area (Å²) in [5, 5.41) is 7.66. The van der Waals surface area contributed by atoms with Crippen molar-refractivity contribution in [3.8, 4) is 11.3 Å². The number of anilines is 1. The van der Waals surface area contributed by atoms with Gasteiger partial charge in [-0.25, -0.2) is 4.39 Å². The number of hydrogen-bond donors (Lipinski definition) is 2. The number of H-pyrrole nitrogens is 1. The fraction of sp³-hybridized carbons (Fsp3) is 0.154. The second-order valence-corrected chi connectivity index (χ2v) is 4.39. The maximum absolute atomic E-state index is 13.4. The molecule has 5 heteroatoms. The molecule has 0 atom stereocenters. The molecule has 92 valence electrons. The number of nitrogens with one attached hydrogen (secondary N) is 1. The molecule has 0 amide bonds. The molecule has 0 saturated heterocycles. The van der Waals surface area contributed by atoms with Crippen molar-refractivity contribution < 1.29 is 4.39 Å². The minimum atomic E-state index is -0.248. The van der Waals surface area contributed by atoms with Crippen molar-refractivity contribution in [3.05, 3.63) is 35.8 Å². The Morgan fingerprint density at radius 2 is 2.11 bits per heavy atom. The van der Waals surface area contributed by atoms with Gasteiger partial charge in [0, 0.05) is 35.3 Å². The van der Waals surface area contributed by atoms with Gasteiger partial charge in [0.2, 0.25) is 0 Å². The molecular formula is C13H13FN4. The molecule has 3 rings (SSSR count). The van der Waals surface area contributed by atoms with E-state index in [9.17, 15) is 4.39 Å². The Morgan fingerprint density at radius 3 is 2.78 bits per heavy atom. The van der Waals surface area contributed by atoms with Crippen LogP contribution in [-0.2, 0) is 7.05 Å². The van der Waals surface area contributed by atoms with Crippen LogP contribution in [0.1, 0.15) is 5.69 Å². The Labute approximate surface area is 103 Å². The molecule has 2 aromatic heterocycles. The molecule has 2 heterocycles. The van der Waals surface area contributed by atoms with E-state index in [1.165, 1.54) is 12.1 Å². The van der Waals surface area contributed by atoms with E-state index in [-0.39, 0.29) is 5.82 Å². The largest absolute Gasteiger partial charge is 0.382 e. The zero-order chi connectivity index (χ0) is 12.9. The maximum Gasteiger partial charge on any atom is 0.145 e. The van der Waals surface area contributed by atoms with Crippen molar-refractivity contribution in [1.82, 2.24) is 14.8 Å². The molecule has 18 heavy (non-hydrogen) atoms. The van der Waals surface area contributed by atoms with Crippen LogP contribution in [0.15, 0.2) is 24.3 Å². The van der Waals surface area contributed by atoms with Crippen LogP contribution in [0, 0.1) is 12.7 Å². The summed E-state index contributed by atoms with van der Waals surface area (Å²) in [4.78, 5) is 0. The third-order valence-corrected chi connectivity index (χ3v) is 3.32. The molecule has 3 N–H and O–H groups in total. The first-order valence-electron chi connectivity index (χ1n) is 5.63. The van der Waals surface area contributed by atoms with E-state index in [0.717, 1.165) is 27.9 Å². The molecular weight excluding hydrogens is 231 g/mol. The molecule has 1 aromatic carbocycles. The lowest BCUT2D eigenvalue weighted by Crippen LogP contribution is -1.90. The predicted molar refractivity (Wildman–Crippen MR) is 69.6 cm³/mol. The van der Waals surface area contributed by atoms with Gasteiger partial charge in [-0.1, -0.05) is 0 Å².